The largest absolute Gasteiger partial charge is 0.465 e. The van der Waals surface area contributed by atoms with E-state index in [0.717, 1.165) is 27.9 Å². The third-order valence-corrected chi connectivity index (χ3v) is 4.03. The molecule has 0 fully saturated rings. The molecule has 114 valence electrons. The number of aryl methyl sites for hydroxylation is 1. The number of rotatable bonds is 5. The second kappa shape index (κ2) is 6.60. The van der Waals surface area contributed by atoms with Gasteiger partial charge in [-0.25, -0.2) is 4.98 Å². The van der Waals surface area contributed by atoms with E-state index in [0.29, 0.717) is 6.61 Å². The molecule has 1 aromatic heterocycles. The van der Waals surface area contributed by atoms with Crippen LogP contribution in [0.5, 0.6) is 0 Å². The molecule has 0 saturated heterocycles. The monoisotopic (exact) mass is 352 g/mol. The van der Waals surface area contributed by atoms with E-state index in [1.165, 1.54) is 0 Å². The Labute approximate surface area is 133 Å². The fourth-order valence-electron chi connectivity index (χ4n) is 2.60. The third kappa shape index (κ3) is 3.12. The highest BCUT2D eigenvalue weighted by Gasteiger charge is 2.30. The van der Waals surface area contributed by atoms with Crippen LogP contribution in [0.2, 0.25) is 0 Å². The lowest BCUT2D eigenvalue weighted by molar-refractivity contribution is -0.146. The quantitative estimate of drug-likeness (QED) is 0.760. The zero-order valence-corrected chi connectivity index (χ0v) is 14.5. The van der Waals surface area contributed by atoms with Gasteiger partial charge in [0.15, 0.2) is 0 Å². The van der Waals surface area contributed by atoms with Crippen molar-refractivity contribution >= 4 is 32.9 Å². The van der Waals surface area contributed by atoms with E-state index in [1.807, 2.05) is 39.0 Å². The van der Waals surface area contributed by atoms with Crippen molar-refractivity contribution in [3.8, 4) is 0 Å². The second-order valence-electron chi connectivity index (χ2n) is 5.32. The van der Waals surface area contributed by atoms with E-state index in [9.17, 15) is 4.79 Å². The summed E-state index contributed by atoms with van der Waals surface area (Å²) >= 11 is 3.47. The lowest BCUT2D eigenvalue weighted by Gasteiger charge is -2.19. The van der Waals surface area contributed by atoms with Crippen LogP contribution in [-0.4, -0.2) is 22.1 Å². The maximum absolute atomic E-state index is 12.3. The molecule has 2 rings (SSSR count). The molecule has 0 spiro atoms. The van der Waals surface area contributed by atoms with Crippen LogP contribution in [0.4, 0.5) is 0 Å². The Morgan fingerprint density at radius 2 is 2.10 bits per heavy atom. The van der Waals surface area contributed by atoms with Crippen molar-refractivity contribution in [2.24, 2.45) is 5.92 Å². The molecule has 4 nitrogen and oxygen atoms in total. The zero-order valence-electron chi connectivity index (χ0n) is 12.9. The molecule has 2 aromatic rings. The predicted molar refractivity (Wildman–Crippen MR) is 87.3 cm³/mol. The Kier molecular flexibility index (Phi) is 5.04. The van der Waals surface area contributed by atoms with Gasteiger partial charge in [-0.15, -0.1) is 0 Å². The highest BCUT2D eigenvalue weighted by molar-refractivity contribution is 9.10. The highest BCUT2D eigenvalue weighted by atomic mass is 79.9. The molecular formula is C16H21BrN2O2. The number of benzene rings is 1. The first-order valence-electron chi connectivity index (χ1n) is 7.31. The molecule has 0 aliphatic rings. The third-order valence-electron chi connectivity index (χ3n) is 3.54. The molecule has 0 radical (unpaired) electrons. The number of carbonyl (C=O) groups excluding carboxylic acids is 1. The van der Waals surface area contributed by atoms with Gasteiger partial charge in [0.05, 0.1) is 17.6 Å². The van der Waals surface area contributed by atoms with Gasteiger partial charge in [-0.2, -0.15) is 0 Å². The van der Waals surface area contributed by atoms with Gasteiger partial charge in [0.25, 0.3) is 0 Å². The molecular weight excluding hydrogens is 332 g/mol. The standard InChI is InChI=1S/C16H21BrN2O2/c1-5-19-13-8-7-11(17)9-12(13)18-15(19)14(10(3)4)16(20)21-6-2/h7-10,14H,5-6H2,1-4H3. The molecule has 0 saturated carbocycles. The number of hydrogen-bond acceptors (Lipinski definition) is 3. The molecule has 1 aromatic carbocycles. The average Bonchev–Trinajstić information content (AvgIpc) is 2.75. The van der Waals surface area contributed by atoms with Crippen molar-refractivity contribution < 1.29 is 9.53 Å². The first-order chi connectivity index (χ1) is 9.99. The van der Waals surface area contributed by atoms with Crippen LogP contribution in [0, 0.1) is 5.92 Å². The normalized spacial score (nSPS) is 12.9. The lowest BCUT2D eigenvalue weighted by Crippen LogP contribution is -2.24. The molecule has 0 bridgehead atoms. The molecule has 1 heterocycles. The summed E-state index contributed by atoms with van der Waals surface area (Å²) in [6.45, 7) is 9.11. The number of imidazole rings is 1. The van der Waals surface area contributed by atoms with E-state index < -0.39 is 0 Å². The fourth-order valence-corrected chi connectivity index (χ4v) is 2.95. The maximum Gasteiger partial charge on any atom is 0.316 e. The van der Waals surface area contributed by atoms with Gasteiger partial charge < -0.3 is 9.30 Å². The van der Waals surface area contributed by atoms with E-state index in [1.54, 1.807) is 0 Å². The molecule has 0 aliphatic heterocycles. The summed E-state index contributed by atoms with van der Waals surface area (Å²) in [5.41, 5.74) is 1.95. The van der Waals surface area contributed by atoms with E-state index in [4.69, 9.17) is 9.72 Å². The van der Waals surface area contributed by atoms with Crippen LogP contribution < -0.4 is 0 Å². The number of nitrogens with zero attached hydrogens (tertiary/aromatic N) is 2. The Morgan fingerprint density at radius 1 is 1.38 bits per heavy atom. The van der Waals surface area contributed by atoms with Crippen LogP contribution in [0.3, 0.4) is 0 Å². The minimum atomic E-state index is -0.337. The number of esters is 1. The van der Waals surface area contributed by atoms with E-state index >= 15 is 0 Å². The van der Waals surface area contributed by atoms with Crippen molar-refractivity contribution in [1.29, 1.82) is 0 Å². The van der Waals surface area contributed by atoms with Gasteiger partial charge in [0.2, 0.25) is 0 Å². The van der Waals surface area contributed by atoms with Crippen LogP contribution in [0.15, 0.2) is 22.7 Å². The zero-order chi connectivity index (χ0) is 15.6. The summed E-state index contributed by atoms with van der Waals surface area (Å²) in [4.78, 5) is 17.0. The van der Waals surface area contributed by atoms with Crippen LogP contribution in [-0.2, 0) is 16.1 Å². The minimum absolute atomic E-state index is 0.134. The Hall–Kier alpha value is -1.36. The number of carbonyl (C=O) groups is 1. The summed E-state index contributed by atoms with van der Waals surface area (Å²) in [6.07, 6.45) is 0. The topological polar surface area (TPSA) is 44.1 Å². The van der Waals surface area contributed by atoms with Gasteiger partial charge in [-0.3, -0.25) is 4.79 Å². The van der Waals surface area contributed by atoms with Crippen molar-refractivity contribution in [2.45, 2.75) is 40.2 Å². The van der Waals surface area contributed by atoms with Gasteiger partial charge in [-0.1, -0.05) is 29.8 Å². The summed E-state index contributed by atoms with van der Waals surface area (Å²) in [5.74, 6) is 0.390. The second-order valence-corrected chi connectivity index (χ2v) is 6.24. The highest BCUT2D eigenvalue weighted by Crippen LogP contribution is 2.30. The summed E-state index contributed by atoms with van der Waals surface area (Å²) in [7, 11) is 0. The first kappa shape index (κ1) is 16.0. The van der Waals surface area contributed by atoms with Crippen molar-refractivity contribution in [3.05, 3.63) is 28.5 Å². The first-order valence-corrected chi connectivity index (χ1v) is 8.11. The van der Waals surface area contributed by atoms with Crippen LogP contribution >= 0.6 is 15.9 Å². The Morgan fingerprint density at radius 3 is 2.67 bits per heavy atom. The number of aromatic nitrogens is 2. The number of ether oxygens (including phenoxy) is 1. The predicted octanol–water partition coefficient (Wildman–Crippen LogP) is 4.12. The van der Waals surface area contributed by atoms with Gasteiger partial charge >= 0.3 is 5.97 Å². The van der Waals surface area contributed by atoms with Gasteiger partial charge in [0, 0.05) is 11.0 Å². The van der Waals surface area contributed by atoms with E-state index in [2.05, 4.69) is 27.4 Å². The summed E-state index contributed by atoms with van der Waals surface area (Å²) in [5, 5.41) is 0. The maximum atomic E-state index is 12.3. The summed E-state index contributed by atoms with van der Waals surface area (Å²) < 4.78 is 8.32. The number of halogens is 1. The molecule has 5 heteroatoms. The Balaban J connectivity index is 2.59. The lowest BCUT2D eigenvalue weighted by atomic mass is 9.95. The number of fused-ring (bicyclic) bond motifs is 1. The molecule has 0 amide bonds. The molecule has 0 N–H and O–H groups in total. The van der Waals surface area contributed by atoms with Crippen LogP contribution in [0.25, 0.3) is 11.0 Å². The van der Waals surface area contributed by atoms with Crippen molar-refractivity contribution in [1.82, 2.24) is 9.55 Å². The molecule has 1 unspecified atom stereocenters. The number of hydrogen-bond donors (Lipinski definition) is 0. The van der Waals surface area contributed by atoms with Crippen molar-refractivity contribution in [3.63, 3.8) is 0 Å². The SMILES string of the molecule is CCOC(=O)C(c1nc2cc(Br)ccc2n1CC)C(C)C. The summed E-state index contributed by atoms with van der Waals surface area (Å²) in [6, 6.07) is 6.00. The van der Waals surface area contributed by atoms with Crippen molar-refractivity contribution in [2.75, 3.05) is 6.61 Å². The van der Waals surface area contributed by atoms with Gasteiger partial charge in [0.1, 0.15) is 11.7 Å². The fraction of sp³-hybridized carbons (Fsp3) is 0.500. The molecule has 0 aliphatic carbocycles. The van der Waals surface area contributed by atoms with Crippen LogP contribution in [0.1, 0.15) is 39.4 Å². The smallest absolute Gasteiger partial charge is 0.316 e. The average molecular weight is 353 g/mol. The minimum Gasteiger partial charge on any atom is -0.465 e. The molecule has 21 heavy (non-hydrogen) atoms. The Bertz CT molecular complexity index is 649. The van der Waals surface area contributed by atoms with Gasteiger partial charge in [-0.05, 0) is 38.0 Å². The van der Waals surface area contributed by atoms with E-state index in [-0.39, 0.29) is 17.8 Å². The molecule has 1 atom stereocenters.